The maximum atomic E-state index is 12.0. The predicted molar refractivity (Wildman–Crippen MR) is 86.0 cm³/mol. The van der Waals surface area contributed by atoms with E-state index in [2.05, 4.69) is 33.2 Å². The number of nitrogens with zero attached hydrogens (tertiary/aromatic N) is 1. The van der Waals surface area contributed by atoms with Crippen LogP contribution in [0, 0.1) is 0 Å². The van der Waals surface area contributed by atoms with Crippen LogP contribution in [0.4, 0.5) is 5.69 Å². The zero-order valence-corrected chi connectivity index (χ0v) is 13.8. The number of rotatable bonds is 3. The average Bonchev–Trinajstić information content (AvgIpc) is 2.57. The third-order valence-electron chi connectivity index (χ3n) is 3.84. The van der Waals surface area contributed by atoms with Gasteiger partial charge in [0.1, 0.15) is 5.54 Å². The number of nitrogens with one attached hydrogen (secondary N) is 1. The Morgan fingerprint density at radius 2 is 2.20 bits per heavy atom. The van der Waals surface area contributed by atoms with Crippen LogP contribution in [0.5, 0.6) is 0 Å². The molecule has 0 radical (unpaired) electrons. The molecule has 0 spiro atoms. The first-order chi connectivity index (χ1) is 9.43. The van der Waals surface area contributed by atoms with Crippen molar-refractivity contribution in [2.75, 3.05) is 25.5 Å². The summed E-state index contributed by atoms with van der Waals surface area (Å²) in [5.74, 6) is -0.293. The Morgan fingerprint density at radius 3 is 2.85 bits per heavy atom. The first-order valence-corrected chi connectivity index (χ1v) is 7.82. The van der Waals surface area contributed by atoms with E-state index < -0.39 is 5.54 Å². The van der Waals surface area contributed by atoms with Gasteiger partial charge < -0.3 is 16.0 Å². The van der Waals surface area contributed by atoms with Crippen molar-refractivity contribution < 1.29 is 4.79 Å². The minimum absolute atomic E-state index is 0.293. The molecule has 1 fully saturated rings. The summed E-state index contributed by atoms with van der Waals surface area (Å²) < 4.78 is 0.800. The van der Waals surface area contributed by atoms with Gasteiger partial charge in [-0.3, -0.25) is 4.79 Å². The molecule has 0 saturated carbocycles. The number of anilines is 1. The quantitative estimate of drug-likeness (QED) is 0.871. The summed E-state index contributed by atoms with van der Waals surface area (Å²) in [7, 11) is 2.07. The van der Waals surface area contributed by atoms with Gasteiger partial charge in [-0.1, -0.05) is 11.6 Å². The van der Waals surface area contributed by atoms with Gasteiger partial charge in [-0.15, -0.1) is 0 Å². The summed E-state index contributed by atoms with van der Waals surface area (Å²) in [5, 5.41) is 3.98. The lowest BCUT2D eigenvalue weighted by Crippen LogP contribution is -2.51. The number of primary amides is 1. The van der Waals surface area contributed by atoms with Gasteiger partial charge in [0.25, 0.3) is 0 Å². The number of carbonyl (C=O) groups excluding carboxylic acids is 1. The highest BCUT2D eigenvalue weighted by Crippen LogP contribution is 2.30. The molecule has 0 aromatic heterocycles. The first-order valence-electron chi connectivity index (χ1n) is 6.65. The molecule has 20 heavy (non-hydrogen) atoms. The van der Waals surface area contributed by atoms with E-state index in [0.29, 0.717) is 11.4 Å². The second-order valence-electron chi connectivity index (χ2n) is 5.36. The number of hydrogen-bond acceptors (Lipinski definition) is 3. The van der Waals surface area contributed by atoms with Crippen LogP contribution in [0.3, 0.4) is 0 Å². The number of amides is 1. The van der Waals surface area contributed by atoms with Crippen molar-refractivity contribution in [1.29, 1.82) is 0 Å². The van der Waals surface area contributed by atoms with Gasteiger partial charge in [0.2, 0.25) is 5.91 Å². The molecule has 1 atom stereocenters. The van der Waals surface area contributed by atoms with Crippen molar-refractivity contribution in [2.24, 2.45) is 5.73 Å². The third-order valence-corrected chi connectivity index (χ3v) is 5.05. The SMILES string of the molecule is CN1CCCC(Nc2ccc(Cl)c(Br)c2)(C(N)=O)CC1. The maximum Gasteiger partial charge on any atom is 0.243 e. The van der Waals surface area contributed by atoms with Gasteiger partial charge in [-0.2, -0.15) is 0 Å². The number of benzene rings is 1. The summed E-state index contributed by atoms with van der Waals surface area (Å²) in [4.78, 5) is 14.2. The van der Waals surface area contributed by atoms with Crippen LogP contribution in [0.1, 0.15) is 19.3 Å². The van der Waals surface area contributed by atoms with Gasteiger partial charge in [-0.05, 0) is 67.0 Å². The Balaban J connectivity index is 2.24. The molecule has 1 aromatic carbocycles. The van der Waals surface area contributed by atoms with E-state index in [4.69, 9.17) is 17.3 Å². The van der Waals surface area contributed by atoms with Gasteiger partial charge in [-0.25, -0.2) is 0 Å². The molecule has 1 saturated heterocycles. The lowest BCUT2D eigenvalue weighted by Gasteiger charge is -2.31. The number of hydrogen-bond donors (Lipinski definition) is 2. The molecule has 4 nitrogen and oxygen atoms in total. The maximum absolute atomic E-state index is 12.0. The Morgan fingerprint density at radius 1 is 1.45 bits per heavy atom. The van der Waals surface area contributed by atoms with Crippen molar-refractivity contribution in [2.45, 2.75) is 24.8 Å². The van der Waals surface area contributed by atoms with E-state index in [0.717, 1.165) is 36.1 Å². The molecule has 0 aliphatic carbocycles. The molecular weight excluding hydrogens is 342 g/mol. The highest BCUT2D eigenvalue weighted by Gasteiger charge is 2.37. The van der Waals surface area contributed by atoms with Crippen LogP contribution in [0.25, 0.3) is 0 Å². The molecule has 3 N–H and O–H groups in total. The molecule has 6 heteroatoms. The molecule has 1 heterocycles. The predicted octanol–water partition coefficient (Wildman–Crippen LogP) is 2.85. The summed E-state index contributed by atoms with van der Waals surface area (Å²) in [5.41, 5.74) is 5.84. The molecule has 1 amide bonds. The van der Waals surface area contributed by atoms with Crippen molar-refractivity contribution in [3.63, 3.8) is 0 Å². The fourth-order valence-corrected chi connectivity index (χ4v) is 3.05. The zero-order valence-electron chi connectivity index (χ0n) is 11.5. The molecule has 1 unspecified atom stereocenters. The van der Waals surface area contributed by atoms with Gasteiger partial charge in [0.05, 0.1) is 5.02 Å². The summed E-state index contributed by atoms with van der Waals surface area (Å²) in [6, 6.07) is 5.54. The van der Waals surface area contributed by atoms with E-state index >= 15 is 0 Å². The number of halogens is 2. The zero-order chi connectivity index (χ0) is 14.8. The third kappa shape index (κ3) is 3.45. The summed E-state index contributed by atoms with van der Waals surface area (Å²) >= 11 is 9.39. The fourth-order valence-electron chi connectivity index (χ4n) is 2.55. The smallest absolute Gasteiger partial charge is 0.243 e. The Labute approximate surface area is 132 Å². The Kier molecular flexibility index (Phi) is 4.94. The van der Waals surface area contributed by atoms with Crippen molar-refractivity contribution in [3.8, 4) is 0 Å². The van der Waals surface area contributed by atoms with Crippen LogP contribution < -0.4 is 11.1 Å². The molecule has 110 valence electrons. The Hall–Kier alpha value is -0.780. The van der Waals surface area contributed by atoms with Crippen LogP contribution in [0.15, 0.2) is 22.7 Å². The largest absolute Gasteiger partial charge is 0.371 e. The van der Waals surface area contributed by atoms with Gasteiger partial charge in [0.15, 0.2) is 0 Å². The summed E-state index contributed by atoms with van der Waals surface area (Å²) in [6.45, 7) is 1.84. The Bertz CT molecular complexity index is 511. The van der Waals surface area contributed by atoms with Crippen LogP contribution >= 0.6 is 27.5 Å². The van der Waals surface area contributed by atoms with Crippen molar-refractivity contribution in [1.82, 2.24) is 4.90 Å². The van der Waals surface area contributed by atoms with E-state index in [1.807, 2.05) is 12.1 Å². The topological polar surface area (TPSA) is 58.4 Å². The fraction of sp³-hybridized carbons (Fsp3) is 0.500. The van der Waals surface area contributed by atoms with E-state index in [9.17, 15) is 4.79 Å². The van der Waals surface area contributed by atoms with Crippen molar-refractivity contribution in [3.05, 3.63) is 27.7 Å². The van der Waals surface area contributed by atoms with Gasteiger partial charge in [0, 0.05) is 16.7 Å². The minimum atomic E-state index is -0.683. The average molecular weight is 361 g/mol. The number of likely N-dealkylation sites (tertiary alicyclic amines) is 1. The molecule has 1 aliphatic heterocycles. The highest BCUT2D eigenvalue weighted by molar-refractivity contribution is 9.10. The molecule has 2 rings (SSSR count). The highest BCUT2D eigenvalue weighted by atomic mass is 79.9. The standard InChI is InChI=1S/C14H19BrClN3O/c1-19-7-2-5-14(6-8-19,13(17)20)18-10-3-4-12(16)11(15)9-10/h3-4,9,18H,2,5-8H2,1H3,(H2,17,20). The van der Waals surface area contributed by atoms with E-state index in [1.165, 1.54) is 0 Å². The molecular formula is C14H19BrClN3O. The minimum Gasteiger partial charge on any atom is -0.371 e. The van der Waals surface area contributed by atoms with E-state index in [1.54, 1.807) is 6.07 Å². The normalized spacial score (nSPS) is 24.1. The number of nitrogens with two attached hydrogens (primary N) is 1. The molecule has 1 aliphatic rings. The van der Waals surface area contributed by atoms with Gasteiger partial charge >= 0.3 is 0 Å². The van der Waals surface area contributed by atoms with Crippen LogP contribution in [-0.2, 0) is 4.79 Å². The monoisotopic (exact) mass is 359 g/mol. The first kappa shape index (κ1) is 15.6. The summed E-state index contributed by atoms with van der Waals surface area (Å²) in [6.07, 6.45) is 2.40. The second kappa shape index (κ2) is 6.33. The lowest BCUT2D eigenvalue weighted by molar-refractivity contribution is -0.122. The van der Waals surface area contributed by atoms with E-state index in [-0.39, 0.29) is 5.91 Å². The van der Waals surface area contributed by atoms with Crippen LogP contribution in [0.2, 0.25) is 5.02 Å². The lowest BCUT2D eigenvalue weighted by atomic mass is 9.89. The second-order valence-corrected chi connectivity index (χ2v) is 6.62. The van der Waals surface area contributed by atoms with Crippen LogP contribution in [-0.4, -0.2) is 36.5 Å². The van der Waals surface area contributed by atoms with Crippen molar-refractivity contribution >= 4 is 39.1 Å². The number of carbonyl (C=O) groups is 1. The molecule has 0 bridgehead atoms. The molecule has 1 aromatic rings.